The molecule has 0 saturated carbocycles. The molecular weight excluding hydrogens is 545 g/mol. The number of hydrogen-bond donors (Lipinski definition) is 2. The Bertz CT molecular complexity index is 1560. The molecule has 1 fully saturated rings. The number of pyridine rings is 1. The lowest BCUT2D eigenvalue weighted by molar-refractivity contribution is -0.137. The Hall–Kier alpha value is -4.17. The highest BCUT2D eigenvalue weighted by Crippen LogP contribution is 2.33. The first-order chi connectivity index (χ1) is 19.0. The first-order valence-electron chi connectivity index (χ1n) is 12.4. The Kier molecular flexibility index (Phi) is 7.63. The van der Waals surface area contributed by atoms with Gasteiger partial charge in [-0.05, 0) is 62.7 Å². The highest BCUT2D eigenvalue weighted by Gasteiger charge is 2.31. The smallest absolute Gasteiger partial charge is 0.322 e. The fraction of sp³-hybridized carbons (Fsp3) is 0.308. The van der Waals surface area contributed by atoms with Crippen LogP contribution in [-0.2, 0) is 17.5 Å². The number of carbonyl (C=O) groups excluding carboxylic acids is 2. The van der Waals surface area contributed by atoms with Gasteiger partial charge in [-0.3, -0.25) is 19.5 Å². The van der Waals surface area contributed by atoms with Crippen molar-refractivity contribution < 1.29 is 22.8 Å². The number of aryl methyl sites for hydroxylation is 1. The van der Waals surface area contributed by atoms with Crippen LogP contribution in [0.3, 0.4) is 0 Å². The molecular formula is C26H25F3N8O2S. The zero-order valence-electron chi connectivity index (χ0n) is 21.6. The van der Waals surface area contributed by atoms with Gasteiger partial charge in [-0.15, -0.1) is 5.10 Å². The number of aromatic nitrogens is 5. The molecule has 2 amide bonds. The Morgan fingerprint density at radius 2 is 1.82 bits per heavy atom. The topological polar surface area (TPSA) is 118 Å². The van der Waals surface area contributed by atoms with Gasteiger partial charge in [0.1, 0.15) is 5.69 Å². The largest absolute Gasteiger partial charge is 0.416 e. The molecule has 1 aliphatic rings. The highest BCUT2D eigenvalue weighted by molar-refractivity contribution is 7.19. The fourth-order valence-corrected chi connectivity index (χ4v) is 5.21. The number of halogens is 3. The van der Waals surface area contributed by atoms with E-state index in [1.165, 1.54) is 29.1 Å². The van der Waals surface area contributed by atoms with Crippen LogP contribution in [-0.4, -0.2) is 54.8 Å². The molecule has 4 aromatic rings. The lowest BCUT2D eigenvalue weighted by Crippen LogP contribution is -2.20. The van der Waals surface area contributed by atoms with E-state index in [1.807, 2.05) is 0 Å². The molecule has 1 aromatic carbocycles. The van der Waals surface area contributed by atoms with Crippen LogP contribution in [0.2, 0.25) is 0 Å². The van der Waals surface area contributed by atoms with Gasteiger partial charge in [-0.2, -0.15) is 13.2 Å². The van der Waals surface area contributed by atoms with Crippen LogP contribution in [0.25, 0.3) is 16.3 Å². The maximum Gasteiger partial charge on any atom is 0.416 e. The fourth-order valence-electron chi connectivity index (χ4n) is 4.39. The summed E-state index contributed by atoms with van der Waals surface area (Å²) in [5, 5.41) is 13.9. The van der Waals surface area contributed by atoms with Crippen LogP contribution < -0.4 is 10.6 Å². The summed E-state index contributed by atoms with van der Waals surface area (Å²) in [4.78, 5) is 35.6. The highest BCUT2D eigenvalue weighted by atomic mass is 32.1. The summed E-state index contributed by atoms with van der Waals surface area (Å²) < 4.78 is 42.3. The zero-order valence-corrected chi connectivity index (χ0v) is 22.4. The Labute approximate surface area is 231 Å². The third-order valence-electron chi connectivity index (χ3n) is 6.29. The number of anilines is 2. The van der Waals surface area contributed by atoms with Crippen LogP contribution in [0.15, 0.2) is 42.9 Å². The second-order valence-corrected chi connectivity index (χ2v) is 10.5. The first-order valence-corrected chi connectivity index (χ1v) is 13.2. The van der Waals surface area contributed by atoms with Crippen molar-refractivity contribution in [2.24, 2.45) is 0 Å². The van der Waals surface area contributed by atoms with Crippen LogP contribution in [0.1, 0.15) is 46.9 Å². The minimum Gasteiger partial charge on any atom is -0.322 e. The molecule has 2 N–H and O–H groups in total. The van der Waals surface area contributed by atoms with Gasteiger partial charge in [0.2, 0.25) is 5.91 Å². The number of hydrogen-bond acceptors (Lipinski definition) is 8. The molecule has 0 radical (unpaired) electrons. The molecule has 208 valence electrons. The number of carbonyl (C=O) groups is 2. The summed E-state index contributed by atoms with van der Waals surface area (Å²) in [7, 11) is 0. The number of amides is 2. The average molecular weight is 571 g/mol. The number of rotatable bonds is 7. The lowest BCUT2D eigenvalue weighted by Gasteiger charge is -2.18. The van der Waals surface area contributed by atoms with Gasteiger partial charge in [0.05, 0.1) is 33.6 Å². The van der Waals surface area contributed by atoms with E-state index in [4.69, 9.17) is 0 Å². The quantitative estimate of drug-likeness (QED) is 0.324. The first kappa shape index (κ1) is 27.4. The minimum atomic E-state index is -4.55. The maximum atomic E-state index is 13.6. The summed E-state index contributed by atoms with van der Waals surface area (Å²) in [6.45, 7) is 5.16. The summed E-state index contributed by atoms with van der Waals surface area (Å²) in [5.41, 5.74) is 1.38. The van der Waals surface area contributed by atoms with Crippen molar-refractivity contribution in [1.82, 2.24) is 29.9 Å². The third kappa shape index (κ3) is 6.34. The Morgan fingerprint density at radius 3 is 2.55 bits per heavy atom. The van der Waals surface area contributed by atoms with Gasteiger partial charge in [-0.1, -0.05) is 16.6 Å². The third-order valence-corrected chi connectivity index (χ3v) is 7.22. The number of nitrogens with zero attached hydrogens (tertiary/aromatic N) is 6. The normalized spacial score (nSPS) is 13.9. The summed E-state index contributed by atoms with van der Waals surface area (Å²) >= 11 is 1.23. The van der Waals surface area contributed by atoms with Crippen molar-refractivity contribution in [3.8, 4) is 16.3 Å². The monoisotopic (exact) mass is 570 g/mol. The molecule has 0 unspecified atom stereocenters. The predicted molar refractivity (Wildman–Crippen MR) is 143 cm³/mol. The van der Waals surface area contributed by atoms with E-state index in [1.54, 1.807) is 31.5 Å². The van der Waals surface area contributed by atoms with Crippen molar-refractivity contribution >= 4 is 34.0 Å². The molecule has 3 aromatic heterocycles. The van der Waals surface area contributed by atoms with Gasteiger partial charge in [-0.25, -0.2) is 9.67 Å². The number of alkyl halides is 3. The average Bonchev–Trinajstić information content (AvgIpc) is 3.66. The van der Waals surface area contributed by atoms with Crippen molar-refractivity contribution in [2.75, 3.05) is 23.7 Å². The minimum absolute atomic E-state index is 0.0550. The van der Waals surface area contributed by atoms with Crippen molar-refractivity contribution in [3.05, 3.63) is 65.2 Å². The Balaban J connectivity index is 1.37. The predicted octanol–water partition coefficient (Wildman–Crippen LogP) is 4.92. The summed E-state index contributed by atoms with van der Waals surface area (Å²) in [5.74, 6) is -0.850. The molecule has 10 nitrogen and oxygen atoms in total. The van der Waals surface area contributed by atoms with E-state index in [9.17, 15) is 22.8 Å². The SMILES string of the molecule is CC(=O)Nc1ncc(-c2cn(-c3cc(C(=O)Nc4cc(CN5CCCC5)cc(C(F)(F)F)c4)cnc3C)nn2)s1. The number of thiazole rings is 1. The van der Waals surface area contributed by atoms with Crippen LogP contribution in [0, 0.1) is 6.92 Å². The van der Waals surface area contributed by atoms with Crippen molar-refractivity contribution in [1.29, 1.82) is 0 Å². The lowest BCUT2D eigenvalue weighted by atomic mass is 10.1. The van der Waals surface area contributed by atoms with E-state index in [0.717, 1.165) is 38.1 Å². The molecule has 0 atom stereocenters. The van der Waals surface area contributed by atoms with Crippen LogP contribution in [0.4, 0.5) is 24.0 Å². The number of likely N-dealkylation sites (tertiary alicyclic amines) is 1. The van der Waals surface area contributed by atoms with Gasteiger partial charge < -0.3 is 10.6 Å². The Morgan fingerprint density at radius 1 is 1.05 bits per heavy atom. The van der Waals surface area contributed by atoms with Crippen LogP contribution in [0.5, 0.6) is 0 Å². The second-order valence-electron chi connectivity index (χ2n) is 9.44. The summed E-state index contributed by atoms with van der Waals surface area (Å²) in [6.07, 6.45) is 2.03. The number of benzene rings is 1. The molecule has 5 rings (SSSR count). The molecule has 0 aliphatic carbocycles. The van der Waals surface area contributed by atoms with Gasteiger partial charge in [0.15, 0.2) is 5.13 Å². The second kappa shape index (κ2) is 11.1. The molecule has 1 aliphatic heterocycles. The van der Waals surface area contributed by atoms with Gasteiger partial charge in [0.25, 0.3) is 5.91 Å². The van der Waals surface area contributed by atoms with E-state index in [2.05, 4.69) is 35.8 Å². The van der Waals surface area contributed by atoms with E-state index < -0.39 is 17.6 Å². The van der Waals surface area contributed by atoms with Gasteiger partial charge in [0, 0.05) is 31.5 Å². The number of nitrogens with one attached hydrogen (secondary N) is 2. The van der Waals surface area contributed by atoms with E-state index in [-0.39, 0.29) is 17.2 Å². The van der Waals surface area contributed by atoms with Crippen LogP contribution >= 0.6 is 11.3 Å². The maximum absolute atomic E-state index is 13.6. The summed E-state index contributed by atoms with van der Waals surface area (Å²) in [6, 6.07) is 5.18. The molecule has 14 heteroatoms. The molecule has 0 spiro atoms. The van der Waals surface area contributed by atoms with E-state index >= 15 is 0 Å². The van der Waals surface area contributed by atoms with Gasteiger partial charge >= 0.3 is 6.18 Å². The zero-order chi connectivity index (χ0) is 28.4. The molecule has 0 bridgehead atoms. The van der Waals surface area contributed by atoms with Crippen molar-refractivity contribution in [3.63, 3.8) is 0 Å². The van der Waals surface area contributed by atoms with E-state index in [0.29, 0.717) is 39.2 Å². The molecule has 40 heavy (non-hydrogen) atoms. The standard InChI is InChI=1S/C26H25F3N8O2S/c1-15-22(37-14-21(34-35-37)23-12-31-25(40-23)32-16(2)38)9-18(11-30-15)24(39)33-20-8-17(13-36-5-3-4-6-36)7-19(10-20)26(27,28)29/h7-12,14H,3-6,13H2,1-2H3,(H,33,39)(H,31,32,38). The molecule has 1 saturated heterocycles. The van der Waals surface area contributed by atoms with Crippen molar-refractivity contribution in [2.45, 2.75) is 39.4 Å². The molecule has 4 heterocycles.